The maximum absolute atomic E-state index is 5.58. The summed E-state index contributed by atoms with van der Waals surface area (Å²) in [5, 5.41) is 0. The monoisotopic (exact) mass is 280 g/mol. The number of hydrazine groups is 1. The second kappa shape index (κ2) is 4.82. The molecule has 0 saturated heterocycles. The van der Waals surface area contributed by atoms with Crippen molar-refractivity contribution >= 4 is 15.9 Å². The van der Waals surface area contributed by atoms with Gasteiger partial charge in [-0.1, -0.05) is 33.6 Å². The summed E-state index contributed by atoms with van der Waals surface area (Å²) in [6.07, 6.45) is 1.64. The number of hydrogen-bond donors (Lipinski definition) is 2. The summed E-state index contributed by atoms with van der Waals surface area (Å²) in [5.41, 5.74) is 5.02. The molecule has 1 unspecified atom stereocenters. The Hall–Kier alpha value is -1.10. The average molecular weight is 281 g/mol. The maximum atomic E-state index is 5.58. The van der Waals surface area contributed by atoms with Gasteiger partial charge < -0.3 is 4.42 Å². The van der Waals surface area contributed by atoms with Gasteiger partial charge in [0, 0.05) is 4.47 Å². The zero-order valence-corrected chi connectivity index (χ0v) is 10.5. The van der Waals surface area contributed by atoms with E-state index in [2.05, 4.69) is 27.4 Å². The minimum Gasteiger partial charge on any atom is -0.467 e. The zero-order chi connectivity index (χ0) is 11.5. The van der Waals surface area contributed by atoms with E-state index >= 15 is 0 Å². The van der Waals surface area contributed by atoms with Gasteiger partial charge in [0.1, 0.15) is 11.8 Å². The molecule has 2 rings (SSSR count). The van der Waals surface area contributed by atoms with E-state index in [0.717, 1.165) is 15.8 Å². The Labute approximate surface area is 103 Å². The van der Waals surface area contributed by atoms with Crippen LogP contribution in [0, 0.1) is 6.92 Å². The van der Waals surface area contributed by atoms with Crippen molar-refractivity contribution in [2.45, 2.75) is 13.0 Å². The summed E-state index contributed by atoms with van der Waals surface area (Å²) in [6, 6.07) is 9.75. The first-order valence-corrected chi connectivity index (χ1v) is 5.77. The Bertz CT molecular complexity index is 468. The topological polar surface area (TPSA) is 51.2 Å². The van der Waals surface area contributed by atoms with Crippen LogP contribution in [0.4, 0.5) is 0 Å². The first-order valence-electron chi connectivity index (χ1n) is 4.98. The van der Waals surface area contributed by atoms with Gasteiger partial charge in [-0.15, -0.1) is 0 Å². The van der Waals surface area contributed by atoms with Crippen LogP contribution >= 0.6 is 15.9 Å². The largest absolute Gasteiger partial charge is 0.467 e. The standard InChI is InChI=1S/C12H13BrN2O/c1-8-4-5-10(13)9(7-8)12(15-14)11-3-2-6-16-11/h2-7,12,15H,14H2,1H3. The number of rotatable bonds is 3. The van der Waals surface area contributed by atoms with Crippen LogP contribution < -0.4 is 11.3 Å². The highest BCUT2D eigenvalue weighted by molar-refractivity contribution is 9.10. The number of aryl methyl sites for hydroxylation is 1. The first-order chi connectivity index (χ1) is 7.72. The molecule has 0 saturated carbocycles. The fraction of sp³-hybridized carbons (Fsp3) is 0.167. The van der Waals surface area contributed by atoms with Crippen molar-refractivity contribution in [1.82, 2.24) is 5.43 Å². The lowest BCUT2D eigenvalue weighted by atomic mass is 10.0. The summed E-state index contributed by atoms with van der Waals surface area (Å²) in [5.74, 6) is 6.38. The van der Waals surface area contributed by atoms with E-state index in [1.807, 2.05) is 31.2 Å². The Morgan fingerprint density at radius 1 is 1.38 bits per heavy atom. The van der Waals surface area contributed by atoms with E-state index < -0.39 is 0 Å². The minimum atomic E-state index is -0.135. The molecule has 1 heterocycles. The van der Waals surface area contributed by atoms with Crippen molar-refractivity contribution < 1.29 is 4.42 Å². The van der Waals surface area contributed by atoms with Crippen LogP contribution in [0.2, 0.25) is 0 Å². The molecule has 4 heteroatoms. The van der Waals surface area contributed by atoms with Crippen LogP contribution in [0.15, 0.2) is 45.5 Å². The Morgan fingerprint density at radius 3 is 2.81 bits per heavy atom. The fourth-order valence-corrected chi connectivity index (χ4v) is 2.14. The van der Waals surface area contributed by atoms with Crippen LogP contribution in [0.1, 0.15) is 22.9 Å². The molecule has 2 aromatic rings. The molecule has 1 aromatic carbocycles. The highest BCUT2D eigenvalue weighted by atomic mass is 79.9. The SMILES string of the molecule is Cc1ccc(Br)c(C(NN)c2ccco2)c1. The van der Waals surface area contributed by atoms with Gasteiger partial charge >= 0.3 is 0 Å². The van der Waals surface area contributed by atoms with E-state index in [-0.39, 0.29) is 6.04 Å². The molecule has 0 aliphatic carbocycles. The predicted molar refractivity (Wildman–Crippen MR) is 66.8 cm³/mol. The van der Waals surface area contributed by atoms with Crippen molar-refractivity contribution in [3.8, 4) is 0 Å². The van der Waals surface area contributed by atoms with Gasteiger partial charge in [-0.25, -0.2) is 5.43 Å². The smallest absolute Gasteiger partial charge is 0.126 e. The molecule has 0 spiro atoms. The Morgan fingerprint density at radius 2 is 2.19 bits per heavy atom. The lowest BCUT2D eigenvalue weighted by molar-refractivity contribution is 0.451. The summed E-state index contributed by atoms with van der Waals surface area (Å²) in [4.78, 5) is 0. The summed E-state index contributed by atoms with van der Waals surface area (Å²) < 4.78 is 6.38. The van der Waals surface area contributed by atoms with Gasteiger partial charge in [0.05, 0.1) is 6.26 Å². The molecule has 84 valence electrons. The first kappa shape index (κ1) is 11.4. The Balaban J connectivity index is 2.44. The minimum absolute atomic E-state index is 0.135. The third kappa shape index (κ3) is 2.19. The number of benzene rings is 1. The average Bonchev–Trinajstić information content (AvgIpc) is 2.78. The lowest BCUT2D eigenvalue weighted by Gasteiger charge is -2.16. The van der Waals surface area contributed by atoms with Crippen LogP contribution in [0.3, 0.4) is 0 Å². The molecule has 0 amide bonds. The highest BCUT2D eigenvalue weighted by Gasteiger charge is 2.17. The molecule has 0 bridgehead atoms. The van der Waals surface area contributed by atoms with Crippen molar-refractivity contribution in [3.05, 3.63) is 58.0 Å². The number of nitrogens with one attached hydrogen (secondary N) is 1. The predicted octanol–water partition coefficient (Wildman–Crippen LogP) is 2.90. The maximum Gasteiger partial charge on any atom is 0.126 e. The third-order valence-electron chi connectivity index (χ3n) is 2.46. The van der Waals surface area contributed by atoms with Gasteiger partial charge in [0.2, 0.25) is 0 Å². The summed E-state index contributed by atoms with van der Waals surface area (Å²) >= 11 is 3.52. The highest BCUT2D eigenvalue weighted by Crippen LogP contribution is 2.29. The normalized spacial score (nSPS) is 12.7. The molecular formula is C12H13BrN2O. The van der Waals surface area contributed by atoms with E-state index in [9.17, 15) is 0 Å². The molecule has 16 heavy (non-hydrogen) atoms. The lowest BCUT2D eigenvalue weighted by Crippen LogP contribution is -2.28. The van der Waals surface area contributed by atoms with Crippen molar-refractivity contribution in [1.29, 1.82) is 0 Å². The molecule has 3 N–H and O–H groups in total. The van der Waals surface area contributed by atoms with Gasteiger partial charge in [-0.05, 0) is 30.7 Å². The van der Waals surface area contributed by atoms with Crippen LogP contribution in [0.5, 0.6) is 0 Å². The van der Waals surface area contributed by atoms with E-state index in [1.165, 1.54) is 5.56 Å². The third-order valence-corrected chi connectivity index (χ3v) is 3.18. The molecule has 0 radical (unpaired) electrons. The van der Waals surface area contributed by atoms with Crippen molar-refractivity contribution in [3.63, 3.8) is 0 Å². The van der Waals surface area contributed by atoms with Gasteiger partial charge in [-0.2, -0.15) is 0 Å². The number of nitrogens with two attached hydrogens (primary N) is 1. The number of hydrogen-bond acceptors (Lipinski definition) is 3. The van der Waals surface area contributed by atoms with Crippen LogP contribution in [-0.4, -0.2) is 0 Å². The van der Waals surface area contributed by atoms with Gasteiger partial charge in [-0.3, -0.25) is 5.84 Å². The molecule has 0 fully saturated rings. The number of furan rings is 1. The molecule has 3 nitrogen and oxygen atoms in total. The van der Waals surface area contributed by atoms with Crippen molar-refractivity contribution in [2.75, 3.05) is 0 Å². The Kier molecular flexibility index (Phi) is 3.43. The molecule has 1 aromatic heterocycles. The number of halogens is 1. The molecule has 0 aliphatic heterocycles. The summed E-state index contributed by atoms with van der Waals surface area (Å²) in [6.45, 7) is 2.05. The molecule has 0 aliphatic rings. The summed E-state index contributed by atoms with van der Waals surface area (Å²) in [7, 11) is 0. The second-order valence-electron chi connectivity index (χ2n) is 3.64. The zero-order valence-electron chi connectivity index (χ0n) is 8.91. The second-order valence-corrected chi connectivity index (χ2v) is 4.49. The van der Waals surface area contributed by atoms with Crippen molar-refractivity contribution in [2.24, 2.45) is 5.84 Å². The van der Waals surface area contributed by atoms with E-state index in [4.69, 9.17) is 10.3 Å². The van der Waals surface area contributed by atoms with E-state index in [0.29, 0.717) is 0 Å². The van der Waals surface area contributed by atoms with E-state index in [1.54, 1.807) is 6.26 Å². The molecular weight excluding hydrogens is 268 g/mol. The van der Waals surface area contributed by atoms with Crippen LogP contribution in [-0.2, 0) is 0 Å². The van der Waals surface area contributed by atoms with Gasteiger partial charge in [0.25, 0.3) is 0 Å². The molecule has 1 atom stereocenters. The quantitative estimate of drug-likeness (QED) is 0.672. The van der Waals surface area contributed by atoms with Gasteiger partial charge in [0.15, 0.2) is 0 Å². The van der Waals surface area contributed by atoms with Crippen LogP contribution in [0.25, 0.3) is 0 Å². The fourth-order valence-electron chi connectivity index (χ4n) is 1.67.